The van der Waals surface area contributed by atoms with Crippen LogP contribution >= 0.6 is 12.2 Å². The fourth-order valence-corrected chi connectivity index (χ4v) is 3.00. The molecule has 6 heteroatoms. The number of rotatable bonds is 7. The van der Waals surface area contributed by atoms with Gasteiger partial charge in [-0.05, 0) is 62.8 Å². The molecule has 5 nitrogen and oxygen atoms in total. The van der Waals surface area contributed by atoms with Crippen LogP contribution < -0.4 is 15.4 Å². The van der Waals surface area contributed by atoms with Crippen molar-refractivity contribution in [3.63, 3.8) is 0 Å². The van der Waals surface area contributed by atoms with Crippen molar-refractivity contribution in [3.05, 3.63) is 59.7 Å². The third-order valence-electron chi connectivity index (χ3n) is 4.37. The highest BCUT2D eigenvalue weighted by Gasteiger charge is 2.22. The molecule has 1 amide bonds. The highest BCUT2D eigenvalue weighted by atomic mass is 32.1. The maximum Gasteiger partial charge on any atom is 0.246 e. The monoisotopic (exact) mass is 385 g/mol. The van der Waals surface area contributed by atoms with Crippen molar-refractivity contribution >= 4 is 28.9 Å². The van der Waals surface area contributed by atoms with Crippen molar-refractivity contribution in [3.8, 4) is 5.75 Å². The third-order valence-corrected chi connectivity index (χ3v) is 4.75. The molecule has 1 atom stereocenters. The topological polar surface area (TPSA) is 53.6 Å². The zero-order valence-electron chi connectivity index (χ0n) is 16.3. The lowest BCUT2D eigenvalue weighted by Gasteiger charge is -2.30. The number of methoxy groups -OCH3 is 1. The molecule has 0 spiro atoms. The molecule has 2 aromatic carbocycles. The second-order valence-corrected chi connectivity index (χ2v) is 6.71. The Balaban J connectivity index is 1.93. The molecule has 0 bridgehead atoms. The van der Waals surface area contributed by atoms with E-state index >= 15 is 0 Å². The molecular weight excluding hydrogens is 358 g/mol. The summed E-state index contributed by atoms with van der Waals surface area (Å²) in [6, 6.07) is 15.2. The van der Waals surface area contributed by atoms with Crippen LogP contribution in [0, 0.1) is 6.92 Å². The van der Waals surface area contributed by atoms with Crippen LogP contribution in [0.25, 0.3) is 0 Å². The van der Waals surface area contributed by atoms with Crippen LogP contribution in [-0.4, -0.2) is 35.6 Å². The summed E-state index contributed by atoms with van der Waals surface area (Å²) in [5.41, 5.74) is 3.02. The van der Waals surface area contributed by atoms with Crippen LogP contribution in [0.15, 0.2) is 48.5 Å². The molecule has 0 aromatic heterocycles. The molecule has 0 unspecified atom stereocenters. The Hall–Kier alpha value is -2.60. The Labute approximate surface area is 166 Å². The maximum absolute atomic E-state index is 12.6. The molecule has 144 valence electrons. The van der Waals surface area contributed by atoms with Crippen molar-refractivity contribution < 1.29 is 9.53 Å². The summed E-state index contributed by atoms with van der Waals surface area (Å²) in [5, 5.41) is 6.73. The summed E-state index contributed by atoms with van der Waals surface area (Å²) in [6.07, 6.45) is 0. The zero-order valence-corrected chi connectivity index (χ0v) is 17.1. The quantitative estimate of drug-likeness (QED) is 0.712. The minimum atomic E-state index is -0.382. The van der Waals surface area contributed by atoms with Crippen LogP contribution in [-0.2, 0) is 11.3 Å². The summed E-state index contributed by atoms with van der Waals surface area (Å²) in [7, 11) is 1.64. The molecule has 0 saturated heterocycles. The molecule has 27 heavy (non-hydrogen) atoms. The van der Waals surface area contributed by atoms with Gasteiger partial charge in [-0.2, -0.15) is 0 Å². The number of aryl methyl sites for hydroxylation is 1. The second kappa shape index (κ2) is 9.92. The molecule has 0 heterocycles. The van der Waals surface area contributed by atoms with Crippen molar-refractivity contribution in [2.24, 2.45) is 0 Å². The lowest BCUT2D eigenvalue weighted by atomic mass is 10.2. The number of nitrogens with zero attached hydrogens (tertiary/aromatic N) is 1. The van der Waals surface area contributed by atoms with E-state index in [2.05, 4.69) is 10.6 Å². The van der Waals surface area contributed by atoms with Crippen LogP contribution in [0.4, 0.5) is 5.69 Å². The minimum Gasteiger partial charge on any atom is -0.497 e. The number of anilines is 1. The fourth-order valence-electron chi connectivity index (χ4n) is 2.64. The molecule has 0 aliphatic carbocycles. The predicted octanol–water partition coefficient (Wildman–Crippen LogP) is 3.73. The van der Waals surface area contributed by atoms with E-state index in [1.54, 1.807) is 7.11 Å². The number of ether oxygens (including phenoxy) is 1. The average Bonchev–Trinajstić information content (AvgIpc) is 2.69. The van der Waals surface area contributed by atoms with E-state index in [1.807, 2.05) is 74.2 Å². The molecular formula is C21H27N3O2S. The molecule has 0 saturated carbocycles. The molecule has 0 fully saturated rings. The Morgan fingerprint density at radius 1 is 1.15 bits per heavy atom. The summed E-state index contributed by atoms with van der Waals surface area (Å²) in [5.74, 6) is 0.729. The number of benzene rings is 2. The Morgan fingerprint density at radius 2 is 1.78 bits per heavy atom. The lowest BCUT2D eigenvalue weighted by molar-refractivity contribution is -0.119. The second-order valence-electron chi connectivity index (χ2n) is 6.32. The predicted molar refractivity (Wildman–Crippen MR) is 114 cm³/mol. The minimum absolute atomic E-state index is 0.0886. The van der Waals surface area contributed by atoms with Gasteiger partial charge in [0.25, 0.3) is 0 Å². The van der Waals surface area contributed by atoms with E-state index in [0.29, 0.717) is 18.2 Å². The summed E-state index contributed by atoms with van der Waals surface area (Å²) in [4.78, 5) is 14.5. The van der Waals surface area contributed by atoms with Crippen molar-refractivity contribution in [1.82, 2.24) is 10.2 Å². The van der Waals surface area contributed by atoms with Gasteiger partial charge in [-0.25, -0.2) is 0 Å². The zero-order chi connectivity index (χ0) is 19.8. The Morgan fingerprint density at radius 3 is 2.33 bits per heavy atom. The Kier molecular flexibility index (Phi) is 7.61. The molecule has 0 aliphatic heterocycles. The highest BCUT2D eigenvalue weighted by molar-refractivity contribution is 7.80. The van der Waals surface area contributed by atoms with Gasteiger partial charge >= 0.3 is 0 Å². The van der Waals surface area contributed by atoms with E-state index in [1.165, 1.54) is 0 Å². The number of amides is 1. The fraction of sp³-hybridized carbons (Fsp3) is 0.333. The summed E-state index contributed by atoms with van der Waals surface area (Å²) in [6.45, 7) is 7.08. The van der Waals surface area contributed by atoms with E-state index in [-0.39, 0.29) is 11.9 Å². The van der Waals surface area contributed by atoms with Gasteiger partial charge in [-0.1, -0.05) is 29.8 Å². The Bertz CT molecular complexity index is 760. The van der Waals surface area contributed by atoms with Crippen LogP contribution in [0.1, 0.15) is 25.0 Å². The first-order valence-corrected chi connectivity index (χ1v) is 9.40. The van der Waals surface area contributed by atoms with Crippen LogP contribution in [0.2, 0.25) is 0 Å². The standard InChI is InChI=1S/C21H27N3O2S/c1-5-24(16(3)20(25)23-18-10-6-15(2)7-11-18)21(27)22-14-17-8-12-19(26-4)13-9-17/h6-13,16H,5,14H2,1-4H3,(H,22,27)(H,23,25)/t16-/m1/s1. The number of hydrogen-bond donors (Lipinski definition) is 2. The van der Waals surface area contributed by atoms with Gasteiger partial charge in [-0.15, -0.1) is 0 Å². The van der Waals surface area contributed by atoms with Gasteiger partial charge in [0, 0.05) is 18.8 Å². The van der Waals surface area contributed by atoms with E-state index < -0.39 is 0 Å². The molecule has 2 aromatic rings. The maximum atomic E-state index is 12.6. The summed E-state index contributed by atoms with van der Waals surface area (Å²) < 4.78 is 5.16. The van der Waals surface area contributed by atoms with Gasteiger partial charge in [0.05, 0.1) is 7.11 Å². The molecule has 0 aliphatic rings. The smallest absolute Gasteiger partial charge is 0.246 e. The van der Waals surface area contributed by atoms with Gasteiger partial charge in [0.2, 0.25) is 5.91 Å². The van der Waals surface area contributed by atoms with Gasteiger partial charge in [-0.3, -0.25) is 4.79 Å². The third kappa shape index (κ3) is 5.96. The van der Waals surface area contributed by atoms with E-state index in [4.69, 9.17) is 17.0 Å². The van der Waals surface area contributed by atoms with Gasteiger partial charge in [0.15, 0.2) is 5.11 Å². The first kappa shape index (κ1) is 20.7. The van der Waals surface area contributed by atoms with Crippen molar-refractivity contribution in [2.45, 2.75) is 33.4 Å². The van der Waals surface area contributed by atoms with Gasteiger partial charge < -0.3 is 20.3 Å². The number of carbonyl (C=O) groups excluding carboxylic acids is 1. The molecule has 2 rings (SSSR count). The highest BCUT2D eigenvalue weighted by Crippen LogP contribution is 2.12. The normalized spacial score (nSPS) is 11.4. The van der Waals surface area contributed by atoms with Gasteiger partial charge in [0.1, 0.15) is 11.8 Å². The molecule has 0 radical (unpaired) electrons. The first-order valence-electron chi connectivity index (χ1n) is 8.99. The van der Waals surface area contributed by atoms with Crippen LogP contribution in [0.5, 0.6) is 5.75 Å². The van der Waals surface area contributed by atoms with Crippen molar-refractivity contribution in [1.29, 1.82) is 0 Å². The van der Waals surface area contributed by atoms with E-state index in [9.17, 15) is 4.79 Å². The van der Waals surface area contributed by atoms with Crippen LogP contribution in [0.3, 0.4) is 0 Å². The van der Waals surface area contributed by atoms with E-state index in [0.717, 1.165) is 22.6 Å². The lowest BCUT2D eigenvalue weighted by Crippen LogP contribution is -2.49. The summed E-state index contributed by atoms with van der Waals surface area (Å²) >= 11 is 5.51. The number of nitrogens with one attached hydrogen (secondary N) is 2. The number of hydrogen-bond acceptors (Lipinski definition) is 3. The number of thiocarbonyl (C=S) groups is 1. The number of likely N-dealkylation sites (N-methyl/N-ethyl adjacent to an activating group) is 1. The average molecular weight is 386 g/mol. The van der Waals surface area contributed by atoms with Crippen molar-refractivity contribution in [2.75, 3.05) is 19.0 Å². The molecule has 2 N–H and O–H groups in total. The largest absolute Gasteiger partial charge is 0.497 e. The SMILES string of the molecule is CCN(C(=S)NCc1ccc(OC)cc1)[C@H](C)C(=O)Nc1ccc(C)cc1. The number of carbonyl (C=O) groups is 1. The first-order chi connectivity index (χ1) is 12.9.